The highest BCUT2D eigenvalue weighted by atomic mass is 19.1. The summed E-state index contributed by atoms with van der Waals surface area (Å²) in [7, 11) is 2.83. The summed E-state index contributed by atoms with van der Waals surface area (Å²) < 4.78 is 23.0. The van der Waals surface area contributed by atoms with Gasteiger partial charge < -0.3 is 20.1 Å². The minimum Gasteiger partial charge on any atom is -0.354 e. The van der Waals surface area contributed by atoms with E-state index >= 15 is 0 Å². The Kier molecular flexibility index (Phi) is 6.61. The van der Waals surface area contributed by atoms with Crippen molar-refractivity contribution in [1.29, 1.82) is 0 Å². The first-order chi connectivity index (χ1) is 9.58. The number of rotatable bonds is 6. The SMILES string of the molecule is COC(CNC(=O)C(=O)NCc1ccccc1F)OC. The van der Waals surface area contributed by atoms with Gasteiger partial charge in [0.1, 0.15) is 5.82 Å². The molecule has 0 saturated heterocycles. The van der Waals surface area contributed by atoms with Crippen molar-refractivity contribution in [3.63, 3.8) is 0 Å². The Bertz CT molecular complexity index is 463. The zero-order valence-corrected chi connectivity index (χ0v) is 11.3. The highest BCUT2D eigenvalue weighted by molar-refractivity contribution is 6.35. The van der Waals surface area contributed by atoms with E-state index in [1.807, 2.05) is 0 Å². The van der Waals surface area contributed by atoms with Gasteiger partial charge in [-0.2, -0.15) is 0 Å². The summed E-state index contributed by atoms with van der Waals surface area (Å²) in [5.74, 6) is -2.12. The molecule has 0 fully saturated rings. The lowest BCUT2D eigenvalue weighted by Gasteiger charge is -2.13. The lowest BCUT2D eigenvalue weighted by molar-refractivity contribution is -0.141. The highest BCUT2D eigenvalue weighted by Crippen LogP contribution is 2.05. The Labute approximate surface area is 116 Å². The smallest absolute Gasteiger partial charge is 0.309 e. The van der Waals surface area contributed by atoms with Crippen LogP contribution >= 0.6 is 0 Å². The van der Waals surface area contributed by atoms with Crippen LogP contribution in [0.4, 0.5) is 4.39 Å². The molecule has 0 aliphatic rings. The molecule has 110 valence electrons. The van der Waals surface area contributed by atoms with Gasteiger partial charge in [0, 0.05) is 26.3 Å². The van der Waals surface area contributed by atoms with Gasteiger partial charge in [0.2, 0.25) is 0 Å². The number of amides is 2. The van der Waals surface area contributed by atoms with Crippen molar-refractivity contribution in [2.24, 2.45) is 0 Å². The van der Waals surface area contributed by atoms with Gasteiger partial charge in [-0.25, -0.2) is 4.39 Å². The fourth-order valence-electron chi connectivity index (χ4n) is 1.42. The van der Waals surface area contributed by atoms with Crippen LogP contribution in [0.25, 0.3) is 0 Å². The van der Waals surface area contributed by atoms with Crippen LogP contribution in [0.1, 0.15) is 5.56 Å². The molecule has 0 atom stereocenters. The predicted octanol–water partition coefficient (Wildman–Crippen LogP) is 0.177. The van der Waals surface area contributed by atoms with Crippen LogP contribution in [0.5, 0.6) is 0 Å². The molecule has 1 rings (SSSR count). The second-order valence-electron chi connectivity index (χ2n) is 3.89. The van der Waals surface area contributed by atoms with Gasteiger partial charge in [-0.1, -0.05) is 18.2 Å². The van der Waals surface area contributed by atoms with Gasteiger partial charge >= 0.3 is 11.8 Å². The minimum atomic E-state index is -0.848. The molecule has 0 aliphatic heterocycles. The summed E-state index contributed by atoms with van der Waals surface area (Å²) in [6.45, 7) is -0.0180. The van der Waals surface area contributed by atoms with Crippen molar-refractivity contribution in [1.82, 2.24) is 10.6 Å². The zero-order chi connectivity index (χ0) is 15.0. The van der Waals surface area contributed by atoms with E-state index in [1.165, 1.54) is 26.4 Å². The molecule has 1 aromatic carbocycles. The average Bonchev–Trinajstić information content (AvgIpc) is 2.46. The van der Waals surface area contributed by atoms with Crippen molar-refractivity contribution >= 4 is 11.8 Å². The van der Waals surface area contributed by atoms with Gasteiger partial charge in [0.25, 0.3) is 0 Å². The van der Waals surface area contributed by atoms with E-state index in [-0.39, 0.29) is 13.1 Å². The van der Waals surface area contributed by atoms with E-state index < -0.39 is 23.9 Å². The van der Waals surface area contributed by atoms with Gasteiger partial charge in [-0.15, -0.1) is 0 Å². The van der Waals surface area contributed by atoms with Crippen LogP contribution < -0.4 is 10.6 Å². The molecule has 0 unspecified atom stereocenters. The maximum atomic E-state index is 13.3. The first-order valence-corrected chi connectivity index (χ1v) is 5.93. The summed E-state index contributed by atoms with van der Waals surface area (Å²) in [4.78, 5) is 22.9. The largest absolute Gasteiger partial charge is 0.354 e. The monoisotopic (exact) mass is 284 g/mol. The van der Waals surface area contributed by atoms with Crippen LogP contribution in [0.2, 0.25) is 0 Å². The van der Waals surface area contributed by atoms with Crippen molar-refractivity contribution in [3.05, 3.63) is 35.6 Å². The number of halogens is 1. The fraction of sp³-hybridized carbons (Fsp3) is 0.385. The topological polar surface area (TPSA) is 76.7 Å². The van der Waals surface area contributed by atoms with E-state index in [9.17, 15) is 14.0 Å². The summed E-state index contributed by atoms with van der Waals surface area (Å²) in [6, 6.07) is 6.00. The molecular formula is C13H17FN2O4. The van der Waals surface area contributed by atoms with Crippen molar-refractivity contribution in [2.45, 2.75) is 12.8 Å². The number of carbonyl (C=O) groups is 2. The molecule has 0 heterocycles. The molecule has 7 heteroatoms. The van der Waals surface area contributed by atoms with Gasteiger partial charge in [0.15, 0.2) is 6.29 Å². The third kappa shape index (κ3) is 4.94. The number of benzene rings is 1. The van der Waals surface area contributed by atoms with Crippen LogP contribution in [-0.4, -0.2) is 38.9 Å². The lowest BCUT2D eigenvalue weighted by atomic mass is 10.2. The first kappa shape index (κ1) is 16.1. The first-order valence-electron chi connectivity index (χ1n) is 5.93. The van der Waals surface area contributed by atoms with E-state index in [4.69, 9.17) is 9.47 Å². The quantitative estimate of drug-likeness (QED) is 0.577. The highest BCUT2D eigenvalue weighted by Gasteiger charge is 2.15. The zero-order valence-electron chi connectivity index (χ0n) is 11.3. The Morgan fingerprint density at radius 1 is 1.15 bits per heavy atom. The van der Waals surface area contributed by atoms with Crippen molar-refractivity contribution in [2.75, 3.05) is 20.8 Å². The molecule has 0 radical (unpaired) electrons. The summed E-state index contributed by atoms with van der Waals surface area (Å²) in [6.07, 6.45) is -0.627. The third-order valence-corrected chi connectivity index (χ3v) is 2.56. The molecule has 2 N–H and O–H groups in total. The van der Waals surface area contributed by atoms with Crippen LogP contribution in [-0.2, 0) is 25.6 Å². The molecule has 0 bridgehead atoms. The van der Waals surface area contributed by atoms with Crippen LogP contribution in [0.15, 0.2) is 24.3 Å². The van der Waals surface area contributed by atoms with Gasteiger partial charge in [0.05, 0.1) is 6.54 Å². The minimum absolute atomic E-state index is 0.0406. The Morgan fingerprint density at radius 3 is 2.35 bits per heavy atom. The maximum absolute atomic E-state index is 13.3. The van der Waals surface area contributed by atoms with E-state index in [0.717, 1.165) is 0 Å². The summed E-state index contributed by atoms with van der Waals surface area (Å²) >= 11 is 0. The normalized spacial score (nSPS) is 10.4. The maximum Gasteiger partial charge on any atom is 0.309 e. The fourth-order valence-corrected chi connectivity index (χ4v) is 1.42. The summed E-state index contributed by atoms with van der Waals surface area (Å²) in [5, 5.41) is 4.67. The molecule has 0 aliphatic carbocycles. The van der Waals surface area contributed by atoms with E-state index in [2.05, 4.69) is 10.6 Å². The summed E-state index contributed by atoms with van der Waals surface area (Å²) in [5.41, 5.74) is 0.306. The van der Waals surface area contributed by atoms with Crippen LogP contribution in [0.3, 0.4) is 0 Å². The van der Waals surface area contributed by atoms with Gasteiger partial charge in [-0.3, -0.25) is 9.59 Å². The molecule has 1 aromatic rings. The Balaban J connectivity index is 2.39. The molecule has 0 aromatic heterocycles. The number of carbonyl (C=O) groups excluding carboxylic acids is 2. The number of nitrogens with one attached hydrogen (secondary N) is 2. The second-order valence-corrected chi connectivity index (χ2v) is 3.89. The predicted molar refractivity (Wildman–Crippen MR) is 69.1 cm³/mol. The molecule has 20 heavy (non-hydrogen) atoms. The molecule has 0 saturated carbocycles. The standard InChI is InChI=1S/C13H17FN2O4/c1-19-11(20-2)8-16-13(18)12(17)15-7-9-5-3-4-6-10(9)14/h3-6,11H,7-8H2,1-2H3,(H,15,17)(H,16,18). The number of hydrogen-bond acceptors (Lipinski definition) is 4. The Hall–Kier alpha value is -1.99. The number of hydrogen-bond donors (Lipinski definition) is 2. The third-order valence-electron chi connectivity index (χ3n) is 2.56. The molecule has 0 spiro atoms. The van der Waals surface area contributed by atoms with Crippen molar-refractivity contribution in [3.8, 4) is 0 Å². The van der Waals surface area contributed by atoms with Crippen LogP contribution in [0, 0.1) is 5.82 Å². The van der Waals surface area contributed by atoms with E-state index in [0.29, 0.717) is 5.56 Å². The molecule has 6 nitrogen and oxygen atoms in total. The number of methoxy groups -OCH3 is 2. The second kappa shape index (κ2) is 8.23. The molecular weight excluding hydrogens is 267 g/mol. The average molecular weight is 284 g/mol. The molecule has 2 amide bonds. The van der Waals surface area contributed by atoms with Gasteiger partial charge in [-0.05, 0) is 6.07 Å². The lowest BCUT2D eigenvalue weighted by Crippen LogP contribution is -2.43. The van der Waals surface area contributed by atoms with Crippen molar-refractivity contribution < 1.29 is 23.5 Å². The van der Waals surface area contributed by atoms with E-state index in [1.54, 1.807) is 12.1 Å². The Morgan fingerprint density at radius 2 is 1.75 bits per heavy atom. The number of ether oxygens (including phenoxy) is 2.